The molecule has 1 aromatic rings. The van der Waals surface area contributed by atoms with E-state index in [1.807, 2.05) is 0 Å². The van der Waals surface area contributed by atoms with Crippen LogP contribution in [0.5, 0.6) is 0 Å². The van der Waals surface area contributed by atoms with Crippen LogP contribution in [0.3, 0.4) is 0 Å². The van der Waals surface area contributed by atoms with Crippen molar-refractivity contribution in [3.8, 4) is 0 Å². The summed E-state index contributed by atoms with van der Waals surface area (Å²) in [6.07, 6.45) is 4.44. The highest BCUT2D eigenvalue weighted by atomic mass is 79.9. The Morgan fingerprint density at radius 2 is 2.12 bits per heavy atom. The SMILES string of the molecule is CCCCC(Cc1cc(F)ccc1Br)NCC. The molecule has 0 aliphatic rings. The molecule has 0 radical (unpaired) electrons. The van der Waals surface area contributed by atoms with Gasteiger partial charge in [-0.15, -0.1) is 0 Å². The van der Waals surface area contributed by atoms with Gasteiger partial charge in [-0.05, 0) is 43.1 Å². The smallest absolute Gasteiger partial charge is 0.123 e. The molecule has 1 N–H and O–H groups in total. The molecule has 0 bridgehead atoms. The van der Waals surface area contributed by atoms with Gasteiger partial charge in [-0.25, -0.2) is 4.39 Å². The van der Waals surface area contributed by atoms with E-state index >= 15 is 0 Å². The van der Waals surface area contributed by atoms with Gasteiger partial charge in [0.05, 0.1) is 0 Å². The molecular formula is C14H21BrFN. The fourth-order valence-corrected chi connectivity index (χ4v) is 2.39. The molecule has 1 unspecified atom stereocenters. The van der Waals surface area contributed by atoms with Gasteiger partial charge in [0.1, 0.15) is 5.82 Å². The third-order valence-corrected chi connectivity index (χ3v) is 3.65. The van der Waals surface area contributed by atoms with Gasteiger partial charge in [0, 0.05) is 10.5 Å². The van der Waals surface area contributed by atoms with Gasteiger partial charge in [0.2, 0.25) is 0 Å². The van der Waals surface area contributed by atoms with Crippen molar-refractivity contribution in [1.29, 1.82) is 0 Å². The zero-order chi connectivity index (χ0) is 12.7. The van der Waals surface area contributed by atoms with Crippen LogP contribution in [0, 0.1) is 5.82 Å². The second-order valence-electron chi connectivity index (χ2n) is 4.34. The molecule has 0 fully saturated rings. The van der Waals surface area contributed by atoms with Crippen molar-refractivity contribution in [1.82, 2.24) is 5.32 Å². The first-order valence-electron chi connectivity index (χ1n) is 6.34. The molecule has 0 aliphatic heterocycles. The zero-order valence-electron chi connectivity index (χ0n) is 10.6. The molecule has 1 aromatic carbocycles. The first-order valence-corrected chi connectivity index (χ1v) is 7.14. The largest absolute Gasteiger partial charge is 0.314 e. The molecule has 1 nitrogen and oxygen atoms in total. The van der Waals surface area contributed by atoms with Gasteiger partial charge in [0.15, 0.2) is 0 Å². The van der Waals surface area contributed by atoms with E-state index in [-0.39, 0.29) is 5.82 Å². The van der Waals surface area contributed by atoms with Crippen molar-refractivity contribution in [2.75, 3.05) is 6.54 Å². The fourth-order valence-electron chi connectivity index (χ4n) is 1.98. The van der Waals surface area contributed by atoms with Gasteiger partial charge >= 0.3 is 0 Å². The third-order valence-electron chi connectivity index (χ3n) is 2.87. The summed E-state index contributed by atoms with van der Waals surface area (Å²) in [5.41, 5.74) is 1.05. The number of halogens is 2. The van der Waals surface area contributed by atoms with Crippen molar-refractivity contribution in [3.63, 3.8) is 0 Å². The topological polar surface area (TPSA) is 12.0 Å². The van der Waals surface area contributed by atoms with E-state index in [0.717, 1.165) is 29.4 Å². The van der Waals surface area contributed by atoms with E-state index < -0.39 is 0 Å². The molecule has 0 aliphatic carbocycles. The molecule has 0 aromatic heterocycles. The monoisotopic (exact) mass is 301 g/mol. The summed E-state index contributed by atoms with van der Waals surface area (Å²) in [7, 11) is 0. The van der Waals surface area contributed by atoms with Gasteiger partial charge in [0.25, 0.3) is 0 Å². The maximum atomic E-state index is 13.2. The van der Waals surface area contributed by atoms with Crippen LogP contribution >= 0.6 is 15.9 Å². The average Bonchev–Trinajstić information content (AvgIpc) is 2.31. The van der Waals surface area contributed by atoms with E-state index in [1.54, 1.807) is 12.1 Å². The van der Waals surface area contributed by atoms with Crippen molar-refractivity contribution in [2.45, 2.75) is 45.6 Å². The lowest BCUT2D eigenvalue weighted by Gasteiger charge is -2.18. The Balaban J connectivity index is 2.67. The Bertz CT molecular complexity index is 341. The van der Waals surface area contributed by atoms with Crippen LogP contribution in [-0.4, -0.2) is 12.6 Å². The number of hydrogen-bond donors (Lipinski definition) is 1. The molecule has 0 spiro atoms. The summed E-state index contributed by atoms with van der Waals surface area (Å²) in [5, 5.41) is 3.47. The molecule has 0 amide bonds. The van der Waals surface area contributed by atoms with Crippen LogP contribution in [0.1, 0.15) is 38.7 Å². The van der Waals surface area contributed by atoms with Crippen LogP contribution in [0.25, 0.3) is 0 Å². The van der Waals surface area contributed by atoms with Crippen molar-refractivity contribution >= 4 is 15.9 Å². The first kappa shape index (κ1) is 14.7. The predicted molar refractivity (Wildman–Crippen MR) is 74.8 cm³/mol. The lowest BCUT2D eigenvalue weighted by Crippen LogP contribution is -2.31. The summed E-state index contributed by atoms with van der Waals surface area (Å²) in [5.74, 6) is -0.158. The lowest BCUT2D eigenvalue weighted by atomic mass is 10.0. The Hall–Kier alpha value is -0.410. The minimum Gasteiger partial charge on any atom is -0.314 e. The first-order chi connectivity index (χ1) is 8.17. The Morgan fingerprint density at radius 1 is 1.35 bits per heavy atom. The maximum Gasteiger partial charge on any atom is 0.123 e. The number of unbranched alkanes of at least 4 members (excludes halogenated alkanes) is 1. The van der Waals surface area contributed by atoms with Gasteiger partial charge < -0.3 is 5.32 Å². The molecule has 1 rings (SSSR count). The second-order valence-corrected chi connectivity index (χ2v) is 5.19. The van der Waals surface area contributed by atoms with Crippen molar-refractivity contribution < 1.29 is 4.39 Å². The van der Waals surface area contributed by atoms with E-state index in [0.29, 0.717) is 6.04 Å². The van der Waals surface area contributed by atoms with Gasteiger partial charge in [-0.3, -0.25) is 0 Å². The van der Waals surface area contributed by atoms with E-state index in [4.69, 9.17) is 0 Å². The van der Waals surface area contributed by atoms with E-state index in [2.05, 4.69) is 35.1 Å². The molecule has 17 heavy (non-hydrogen) atoms. The number of benzene rings is 1. The second kappa shape index (κ2) is 7.83. The quantitative estimate of drug-likeness (QED) is 0.792. The van der Waals surface area contributed by atoms with Crippen LogP contribution in [0.15, 0.2) is 22.7 Å². The van der Waals surface area contributed by atoms with Gasteiger partial charge in [-0.1, -0.05) is 42.6 Å². The molecule has 0 saturated heterocycles. The number of nitrogens with one attached hydrogen (secondary N) is 1. The van der Waals surface area contributed by atoms with Crippen LogP contribution in [0.4, 0.5) is 4.39 Å². The summed E-state index contributed by atoms with van der Waals surface area (Å²) in [6.45, 7) is 5.27. The van der Waals surface area contributed by atoms with E-state index in [9.17, 15) is 4.39 Å². The Kier molecular flexibility index (Phi) is 6.75. The highest BCUT2D eigenvalue weighted by Crippen LogP contribution is 2.20. The highest BCUT2D eigenvalue weighted by molar-refractivity contribution is 9.10. The molecular weight excluding hydrogens is 281 g/mol. The minimum atomic E-state index is -0.158. The van der Waals surface area contributed by atoms with Crippen LogP contribution < -0.4 is 5.32 Å². The van der Waals surface area contributed by atoms with Crippen LogP contribution in [-0.2, 0) is 6.42 Å². The highest BCUT2D eigenvalue weighted by Gasteiger charge is 2.10. The normalized spacial score (nSPS) is 12.7. The standard InChI is InChI=1S/C14H21BrFN/c1-3-5-6-13(17-4-2)10-11-9-12(16)7-8-14(11)15/h7-9,13,17H,3-6,10H2,1-2H3. The minimum absolute atomic E-state index is 0.158. The van der Waals surface area contributed by atoms with E-state index in [1.165, 1.54) is 18.9 Å². The Labute approximate surface area is 112 Å². The molecule has 0 heterocycles. The lowest BCUT2D eigenvalue weighted by molar-refractivity contribution is 0.472. The summed E-state index contributed by atoms with van der Waals surface area (Å²) in [4.78, 5) is 0. The summed E-state index contributed by atoms with van der Waals surface area (Å²) < 4.78 is 14.2. The molecule has 1 atom stereocenters. The Morgan fingerprint density at radius 3 is 2.76 bits per heavy atom. The summed E-state index contributed by atoms with van der Waals surface area (Å²) >= 11 is 3.48. The average molecular weight is 302 g/mol. The number of rotatable bonds is 7. The van der Waals surface area contributed by atoms with Crippen LogP contribution in [0.2, 0.25) is 0 Å². The predicted octanol–water partition coefficient (Wildman–Crippen LogP) is 4.30. The molecule has 3 heteroatoms. The van der Waals surface area contributed by atoms with Gasteiger partial charge in [-0.2, -0.15) is 0 Å². The molecule has 0 saturated carbocycles. The number of likely N-dealkylation sites (N-methyl/N-ethyl adjacent to an activating group) is 1. The fraction of sp³-hybridized carbons (Fsp3) is 0.571. The third kappa shape index (κ3) is 5.17. The zero-order valence-corrected chi connectivity index (χ0v) is 12.2. The maximum absolute atomic E-state index is 13.2. The number of hydrogen-bond acceptors (Lipinski definition) is 1. The molecule has 96 valence electrons. The van der Waals surface area contributed by atoms with Crippen molar-refractivity contribution in [2.24, 2.45) is 0 Å². The van der Waals surface area contributed by atoms with Crippen molar-refractivity contribution in [3.05, 3.63) is 34.1 Å². The summed E-state index contributed by atoms with van der Waals surface area (Å²) in [6, 6.07) is 5.34.